The number of hydrogen-bond acceptors (Lipinski definition) is 6. The van der Waals surface area contributed by atoms with E-state index in [4.69, 9.17) is 24.4 Å². The molecule has 0 aliphatic carbocycles. The predicted molar refractivity (Wildman–Crippen MR) is 98.0 cm³/mol. The van der Waals surface area contributed by atoms with Gasteiger partial charge in [0.05, 0.1) is 24.3 Å². The van der Waals surface area contributed by atoms with E-state index in [0.717, 1.165) is 10.9 Å². The number of carbonyl (C=O) groups is 1. The van der Waals surface area contributed by atoms with Crippen LogP contribution in [0.5, 0.6) is 0 Å². The summed E-state index contributed by atoms with van der Waals surface area (Å²) in [5, 5.41) is 30.9. The van der Waals surface area contributed by atoms with E-state index in [2.05, 4.69) is 5.32 Å². The minimum Gasteiger partial charge on any atom is -0.464 e. The smallest absolute Gasteiger partial charge is 0.464 e. The van der Waals surface area contributed by atoms with E-state index >= 15 is 0 Å². The van der Waals surface area contributed by atoms with E-state index in [-0.39, 0.29) is 12.8 Å². The number of nitrogens with one attached hydrogen (secondary N) is 1. The fourth-order valence-corrected chi connectivity index (χ4v) is 2.86. The van der Waals surface area contributed by atoms with Gasteiger partial charge in [-0.1, -0.05) is 36.4 Å². The Morgan fingerprint density at radius 1 is 1.19 bits per heavy atom. The van der Waals surface area contributed by atoms with Crippen LogP contribution in [-0.2, 0) is 22.3 Å². The van der Waals surface area contributed by atoms with E-state index in [1.165, 1.54) is 0 Å². The monoisotopic (exact) mass is 364 g/mol. The molecule has 0 bridgehead atoms. The number of amides is 1. The third kappa shape index (κ3) is 4.74. The van der Waals surface area contributed by atoms with Crippen LogP contribution in [0.1, 0.15) is 16.7 Å². The molecular formula is C19H17BN2O5. The summed E-state index contributed by atoms with van der Waals surface area (Å²) in [6.07, 6.45) is 0.715. The first kappa shape index (κ1) is 18.7. The van der Waals surface area contributed by atoms with Gasteiger partial charge in [0.1, 0.15) is 11.8 Å². The van der Waals surface area contributed by atoms with Crippen LogP contribution in [0.3, 0.4) is 0 Å². The summed E-state index contributed by atoms with van der Waals surface area (Å²) in [7, 11) is -2.04. The van der Waals surface area contributed by atoms with Crippen molar-refractivity contribution in [3.05, 3.63) is 71.5 Å². The summed E-state index contributed by atoms with van der Waals surface area (Å²) >= 11 is 0. The number of carbonyl (C=O) groups excluding carboxylic acids is 1. The molecule has 0 aliphatic rings. The molecule has 0 saturated carbocycles. The quantitative estimate of drug-likeness (QED) is 0.432. The minimum absolute atomic E-state index is 0.0305. The molecule has 1 atom stereocenters. The highest BCUT2D eigenvalue weighted by molar-refractivity contribution is 6.32. The van der Waals surface area contributed by atoms with Gasteiger partial charge >= 0.3 is 7.32 Å². The van der Waals surface area contributed by atoms with E-state index in [9.17, 15) is 4.79 Å². The zero-order valence-electron chi connectivity index (χ0n) is 14.3. The number of para-hydroxylation sites is 1. The minimum atomic E-state index is -2.04. The fraction of sp³-hybridized carbons (Fsp3) is 0.158. The number of fused-ring (bicyclic) bond motifs is 1. The van der Waals surface area contributed by atoms with Gasteiger partial charge < -0.3 is 24.4 Å². The predicted octanol–water partition coefficient (Wildman–Crippen LogP) is 1.52. The molecule has 136 valence electrons. The van der Waals surface area contributed by atoms with Crippen LogP contribution in [-0.4, -0.2) is 29.5 Å². The first-order valence-electron chi connectivity index (χ1n) is 8.31. The Hall–Kier alpha value is -3.12. The summed E-state index contributed by atoms with van der Waals surface area (Å²) < 4.78 is 10.5. The molecule has 0 spiro atoms. The van der Waals surface area contributed by atoms with Crippen molar-refractivity contribution in [3.63, 3.8) is 0 Å². The number of furan rings is 1. The van der Waals surface area contributed by atoms with Gasteiger partial charge in [-0.3, -0.25) is 4.79 Å². The normalized spacial score (nSPS) is 11.7. The lowest BCUT2D eigenvalue weighted by atomic mass is 10.0. The second-order valence-corrected chi connectivity index (χ2v) is 5.93. The highest BCUT2D eigenvalue weighted by Crippen LogP contribution is 2.22. The summed E-state index contributed by atoms with van der Waals surface area (Å²) in [6, 6.07) is 16.2. The average Bonchev–Trinajstić information content (AvgIpc) is 3.04. The largest absolute Gasteiger partial charge is 0.635 e. The molecule has 8 heteroatoms. The Morgan fingerprint density at radius 3 is 2.70 bits per heavy atom. The van der Waals surface area contributed by atoms with Gasteiger partial charge in [0.2, 0.25) is 5.91 Å². The highest BCUT2D eigenvalue weighted by atomic mass is 16.6. The van der Waals surface area contributed by atoms with E-state index in [1.54, 1.807) is 30.5 Å². The Bertz CT molecular complexity index is 979. The van der Waals surface area contributed by atoms with Gasteiger partial charge in [0.25, 0.3) is 0 Å². The third-order valence-electron chi connectivity index (χ3n) is 4.06. The number of nitrogens with zero attached hydrogens (tertiary/aromatic N) is 1. The van der Waals surface area contributed by atoms with E-state index < -0.39 is 19.5 Å². The number of rotatable bonds is 7. The maximum atomic E-state index is 12.4. The molecule has 3 N–H and O–H groups in total. The van der Waals surface area contributed by atoms with Crippen LogP contribution in [0.4, 0.5) is 0 Å². The van der Waals surface area contributed by atoms with Crippen molar-refractivity contribution >= 4 is 24.2 Å². The van der Waals surface area contributed by atoms with Gasteiger partial charge in [-0.25, -0.2) is 0 Å². The summed E-state index contributed by atoms with van der Waals surface area (Å²) in [5.41, 5.74) is 2.43. The topological polar surface area (TPSA) is 116 Å². The molecule has 1 aromatic heterocycles. The third-order valence-corrected chi connectivity index (χ3v) is 4.06. The number of benzene rings is 2. The summed E-state index contributed by atoms with van der Waals surface area (Å²) in [5.74, 6) is -0.406. The lowest BCUT2D eigenvalue weighted by molar-refractivity contribution is -0.123. The van der Waals surface area contributed by atoms with Gasteiger partial charge in [-0.15, -0.1) is 0 Å². The molecule has 3 aromatic rings. The highest BCUT2D eigenvalue weighted by Gasteiger charge is 2.22. The van der Waals surface area contributed by atoms with Gasteiger partial charge in [-0.05, 0) is 17.7 Å². The van der Waals surface area contributed by atoms with Crippen molar-refractivity contribution in [1.82, 2.24) is 5.32 Å². The Kier molecular flexibility index (Phi) is 5.89. The zero-order valence-corrected chi connectivity index (χ0v) is 14.3. The lowest BCUT2D eigenvalue weighted by Gasteiger charge is -2.19. The molecule has 2 aromatic carbocycles. The molecule has 7 nitrogen and oxygen atoms in total. The summed E-state index contributed by atoms with van der Waals surface area (Å²) in [6.45, 7) is 0. The van der Waals surface area contributed by atoms with Gasteiger partial charge in [0, 0.05) is 17.4 Å². The van der Waals surface area contributed by atoms with Crippen LogP contribution in [0, 0.1) is 11.3 Å². The molecule has 0 saturated heterocycles. The van der Waals surface area contributed by atoms with Gasteiger partial charge in [-0.2, -0.15) is 5.26 Å². The zero-order chi connectivity index (χ0) is 19.2. The van der Waals surface area contributed by atoms with E-state index in [1.807, 2.05) is 30.3 Å². The van der Waals surface area contributed by atoms with Crippen LogP contribution in [0.15, 0.2) is 59.2 Å². The first-order valence-corrected chi connectivity index (χ1v) is 8.31. The Morgan fingerprint density at radius 2 is 1.93 bits per heavy atom. The van der Waals surface area contributed by atoms with Crippen molar-refractivity contribution in [1.29, 1.82) is 5.26 Å². The number of hydrogen-bond donors (Lipinski definition) is 3. The first-order chi connectivity index (χ1) is 13.1. The van der Waals surface area contributed by atoms with Crippen LogP contribution in [0.2, 0.25) is 0 Å². The molecule has 1 amide bonds. The molecule has 0 radical (unpaired) electrons. The molecule has 27 heavy (non-hydrogen) atoms. The van der Waals surface area contributed by atoms with Gasteiger partial charge in [0.15, 0.2) is 0 Å². The van der Waals surface area contributed by atoms with Crippen molar-refractivity contribution in [2.24, 2.45) is 0 Å². The molecular weight excluding hydrogens is 347 g/mol. The van der Waals surface area contributed by atoms with Crippen molar-refractivity contribution in [2.45, 2.75) is 19.1 Å². The standard InChI is InChI=1S/C19H17BN2O5/c21-11-14-6-2-1-5-13(14)9-18(23)22-19(27-20(24)25)10-15-12-26-17-8-4-3-7-16(15)17/h1-8,12,19,24-25H,9-10H2,(H,22,23)/t19-/m1/s1. The van der Waals surface area contributed by atoms with E-state index in [0.29, 0.717) is 16.7 Å². The van der Waals surface area contributed by atoms with Crippen molar-refractivity contribution < 1.29 is 23.9 Å². The Balaban J connectivity index is 1.73. The van der Waals surface area contributed by atoms with Crippen LogP contribution >= 0.6 is 0 Å². The second-order valence-electron chi connectivity index (χ2n) is 5.93. The molecule has 0 fully saturated rings. The summed E-state index contributed by atoms with van der Waals surface area (Å²) in [4.78, 5) is 12.4. The lowest BCUT2D eigenvalue weighted by Crippen LogP contribution is -2.43. The second kappa shape index (κ2) is 8.51. The maximum absolute atomic E-state index is 12.4. The van der Waals surface area contributed by atoms with Crippen LogP contribution in [0.25, 0.3) is 11.0 Å². The van der Waals surface area contributed by atoms with Crippen LogP contribution < -0.4 is 5.32 Å². The van der Waals surface area contributed by atoms with Crippen molar-refractivity contribution in [3.8, 4) is 6.07 Å². The fourth-order valence-electron chi connectivity index (χ4n) is 2.86. The molecule has 3 rings (SSSR count). The maximum Gasteiger partial charge on any atom is 0.635 e. The van der Waals surface area contributed by atoms with Crippen molar-refractivity contribution in [2.75, 3.05) is 0 Å². The Labute approximate surface area is 156 Å². The molecule has 1 heterocycles. The molecule has 0 aliphatic heterocycles. The number of nitriles is 1. The molecule has 0 unspecified atom stereocenters. The average molecular weight is 364 g/mol. The SMILES string of the molecule is N#Cc1ccccc1CC(=O)N[C@@H](Cc1coc2ccccc12)OB(O)O.